The zero-order valence-electron chi connectivity index (χ0n) is 14.8. The van der Waals surface area contributed by atoms with Gasteiger partial charge in [-0.05, 0) is 24.0 Å². The Hall–Kier alpha value is -0.950. The molecule has 0 unspecified atom stereocenters. The van der Waals surface area contributed by atoms with Crippen LogP contribution < -0.4 is 0 Å². The molecule has 0 bridgehead atoms. The van der Waals surface area contributed by atoms with Crippen molar-refractivity contribution in [3.8, 4) is 0 Å². The van der Waals surface area contributed by atoms with E-state index in [1.807, 2.05) is 24.3 Å². The van der Waals surface area contributed by atoms with Crippen molar-refractivity contribution >= 4 is 22.6 Å². The maximum Gasteiger partial charge on any atom is 0.147 e. The van der Waals surface area contributed by atoms with Crippen LogP contribution in [0.15, 0.2) is 60.7 Å². The third-order valence-corrected chi connectivity index (χ3v) is 5.11. The third kappa shape index (κ3) is 8.31. The predicted octanol–water partition coefficient (Wildman–Crippen LogP) is 5.02. The molecule has 0 aliphatic rings. The molecule has 2 aromatic carbocycles. The molecule has 0 aromatic heterocycles. The molecule has 0 saturated carbocycles. The fourth-order valence-electron chi connectivity index (χ4n) is 2.64. The van der Waals surface area contributed by atoms with E-state index in [-0.39, 0.29) is 12.2 Å². The minimum absolute atomic E-state index is 0.135. The van der Waals surface area contributed by atoms with E-state index < -0.39 is 0 Å². The summed E-state index contributed by atoms with van der Waals surface area (Å²) in [6.07, 6.45) is 3.21. The van der Waals surface area contributed by atoms with E-state index in [1.165, 1.54) is 5.56 Å². The maximum absolute atomic E-state index is 6.01. The average Bonchev–Trinajstić information content (AvgIpc) is 2.68. The SMILES string of the molecule is CO[C@@H](CI)C[C@@H](CCc1ccccc1)OCOCc1ccccc1. The molecule has 4 heteroatoms. The number of rotatable bonds is 12. The van der Waals surface area contributed by atoms with E-state index in [0.717, 1.165) is 29.3 Å². The Morgan fingerprint density at radius 3 is 2.12 bits per heavy atom. The third-order valence-electron chi connectivity index (χ3n) is 4.13. The standard InChI is InChI=1S/C21H27IO3/c1-23-21(15-22)14-20(13-12-18-8-4-2-5-9-18)25-17-24-16-19-10-6-3-7-11-19/h2-11,20-21H,12-17H2,1H3/t20-,21-/m1/s1. The zero-order valence-corrected chi connectivity index (χ0v) is 16.9. The lowest BCUT2D eigenvalue weighted by Crippen LogP contribution is -2.25. The zero-order chi connectivity index (χ0) is 17.7. The number of halogens is 1. The smallest absolute Gasteiger partial charge is 0.147 e. The molecule has 0 heterocycles. The van der Waals surface area contributed by atoms with E-state index >= 15 is 0 Å². The normalized spacial score (nSPS) is 13.5. The second kappa shape index (κ2) is 12.4. The first-order valence-corrected chi connectivity index (χ1v) is 10.2. The molecule has 0 spiro atoms. The Balaban J connectivity index is 1.78. The highest BCUT2D eigenvalue weighted by molar-refractivity contribution is 14.1. The molecule has 0 saturated heterocycles. The second-order valence-electron chi connectivity index (χ2n) is 6.01. The Morgan fingerprint density at radius 1 is 0.880 bits per heavy atom. The first-order valence-electron chi connectivity index (χ1n) is 8.67. The highest BCUT2D eigenvalue weighted by atomic mass is 127. The quantitative estimate of drug-likeness (QED) is 0.195. The lowest BCUT2D eigenvalue weighted by molar-refractivity contribution is -0.108. The van der Waals surface area contributed by atoms with E-state index in [4.69, 9.17) is 14.2 Å². The number of alkyl halides is 1. The van der Waals surface area contributed by atoms with Gasteiger partial charge in [-0.15, -0.1) is 0 Å². The lowest BCUT2D eigenvalue weighted by Gasteiger charge is -2.22. The number of aryl methyl sites for hydroxylation is 1. The van der Waals surface area contributed by atoms with Crippen LogP contribution in [-0.2, 0) is 27.2 Å². The summed E-state index contributed by atoms with van der Waals surface area (Å²) in [5.74, 6) is 0. The molecule has 2 atom stereocenters. The highest BCUT2D eigenvalue weighted by Crippen LogP contribution is 2.15. The molecule has 0 aliphatic carbocycles. The van der Waals surface area contributed by atoms with Gasteiger partial charge in [0.25, 0.3) is 0 Å². The first-order chi connectivity index (χ1) is 12.3. The van der Waals surface area contributed by atoms with Crippen LogP contribution in [-0.4, -0.2) is 30.5 Å². The van der Waals surface area contributed by atoms with Gasteiger partial charge in [0.1, 0.15) is 6.79 Å². The maximum atomic E-state index is 6.01. The number of ether oxygens (including phenoxy) is 3. The summed E-state index contributed by atoms with van der Waals surface area (Å²) >= 11 is 2.36. The van der Waals surface area contributed by atoms with Gasteiger partial charge in [-0.3, -0.25) is 0 Å². The Morgan fingerprint density at radius 2 is 1.52 bits per heavy atom. The summed E-state index contributed by atoms with van der Waals surface area (Å²) in [5, 5.41) is 0. The van der Waals surface area contributed by atoms with Crippen LogP contribution in [0.3, 0.4) is 0 Å². The van der Waals surface area contributed by atoms with Crippen LogP contribution in [0.4, 0.5) is 0 Å². The van der Waals surface area contributed by atoms with Crippen LogP contribution in [0, 0.1) is 0 Å². The molecule has 0 fully saturated rings. The minimum atomic E-state index is 0.135. The monoisotopic (exact) mass is 454 g/mol. The topological polar surface area (TPSA) is 27.7 Å². The Bertz CT molecular complexity index is 558. The van der Waals surface area contributed by atoms with Gasteiger partial charge >= 0.3 is 0 Å². The largest absolute Gasteiger partial charge is 0.381 e. The molecule has 25 heavy (non-hydrogen) atoms. The summed E-state index contributed by atoms with van der Waals surface area (Å²) in [4.78, 5) is 0. The summed E-state index contributed by atoms with van der Waals surface area (Å²) in [5.41, 5.74) is 2.50. The van der Waals surface area contributed by atoms with Crippen molar-refractivity contribution in [2.45, 2.75) is 38.1 Å². The number of hydrogen-bond acceptors (Lipinski definition) is 3. The molecule has 0 radical (unpaired) electrons. The fraction of sp³-hybridized carbons (Fsp3) is 0.429. The van der Waals surface area contributed by atoms with Crippen molar-refractivity contribution in [3.63, 3.8) is 0 Å². The predicted molar refractivity (Wildman–Crippen MR) is 110 cm³/mol. The number of hydrogen-bond donors (Lipinski definition) is 0. The summed E-state index contributed by atoms with van der Waals surface area (Å²) in [6.45, 7) is 0.887. The van der Waals surface area contributed by atoms with Crippen molar-refractivity contribution in [2.24, 2.45) is 0 Å². The van der Waals surface area contributed by atoms with Crippen molar-refractivity contribution in [2.75, 3.05) is 18.3 Å². The molecule has 0 aliphatic heterocycles. The van der Waals surface area contributed by atoms with E-state index in [0.29, 0.717) is 13.4 Å². The van der Waals surface area contributed by atoms with E-state index in [2.05, 4.69) is 59.0 Å². The summed E-state index contributed by atoms with van der Waals surface area (Å²) < 4.78 is 18.2. The number of benzene rings is 2. The first kappa shape index (κ1) is 20.4. The summed E-state index contributed by atoms with van der Waals surface area (Å²) in [7, 11) is 1.77. The Kier molecular flexibility index (Phi) is 10.1. The molecule has 3 nitrogen and oxygen atoms in total. The molecule has 0 amide bonds. The van der Waals surface area contributed by atoms with Crippen LogP contribution in [0.5, 0.6) is 0 Å². The fourth-order valence-corrected chi connectivity index (χ4v) is 3.35. The van der Waals surface area contributed by atoms with Crippen molar-refractivity contribution in [1.29, 1.82) is 0 Å². The van der Waals surface area contributed by atoms with Gasteiger partial charge in [0.15, 0.2) is 0 Å². The van der Waals surface area contributed by atoms with E-state index in [1.54, 1.807) is 7.11 Å². The van der Waals surface area contributed by atoms with Gasteiger partial charge in [0, 0.05) is 18.0 Å². The van der Waals surface area contributed by atoms with E-state index in [9.17, 15) is 0 Å². The minimum Gasteiger partial charge on any atom is -0.381 e. The average molecular weight is 454 g/mol. The van der Waals surface area contributed by atoms with Crippen LogP contribution in [0.1, 0.15) is 24.0 Å². The van der Waals surface area contributed by atoms with Gasteiger partial charge in [0.2, 0.25) is 0 Å². The molecule has 0 N–H and O–H groups in total. The van der Waals surface area contributed by atoms with Crippen LogP contribution in [0.2, 0.25) is 0 Å². The molecular weight excluding hydrogens is 427 g/mol. The molecule has 136 valence electrons. The van der Waals surface area contributed by atoms with Crippen molar-refractivity contribution in [3.05, 3.63) is 71.8 Å². The van der Waals surface area contributed by atoms with Gasteiger partial charge in [-0.25, -0.2) is 0 Å². The molecule has 2 rings (SSSR count). The highest BCUT2D eigenvalue weighted by Gasteiger charge is 2.16. The summed E-state index contributed by atoms with van der Waals surface area (Å²) in [6, 6.07) is 20.7. The Labute approximate surface area is 164 Å². The van der Waals surface area contributed by atoms with Gasteiger partial charge in [-0.2, -0.15) is 0 Å². The molecular formula is C21H27IO3. The number of methoxy groups -OCH3 is 1. The lowest BCUT2D eigenvalue weighted by atomic mass is 10.0. The second-order valence-corrected chi connectivity index (χ2v) is 6.89. The van der Waals surface area contributed by atoms with Crippen LogP contribution >= 0.6 is 22.6 Å². The van der Waals surface area contributed by atoms with Gasteiger partial charge < -0.3 is 14.2 Å². The van der Waals surface area contributed by atoms with Crippen LogP contribution in [0.25, 0.3) is 0 Å². The van der Waals surface area contributed by atoms with Crippen molar-refractivity contribution in [1.82, 2.24) is 0 Å². The van der Waals surface area contributed by atoms with Crippen molar-refractivity contribution < 1.29 is 14.2 Å². The van der Waals surface area contributed by atoms with Gasteiger partial charge in [-0.1, -0.05) is 83.3 Å². The molecule has 2 aromatic rings. The van der Waals surface area contributed by atoms with Gasteiger partial charge in [0.05, 0.1) is 18.8 Å².